The fourth-order valence-corrected chi connectivity index (χ4v) is 7.40. The molecule has 2 aromatic carbocycles. The third-order valence-electron chi connectivity index (χ3n) is 6.76. The number of hydrogen-bond donors (Lipinski definition) is 1. The summed E-state index contributed by atoms with van der Waals surface area (Å²) < 4.78 is 22.8. The second kappa shape index (κ2) is 16.4. The van der Waals surface area contributed by atoms with Gasteiger partial charge >= 0.3 is 14.9 Å². The van der Waals surface area contributed by atoms with E-state index in [0.29, 0.717) is 67.6 Å². The Bertz CT molecular complexity index is 1390. The van der Waals surface area contributed by atoms with E-state index < -0.39 is 14.9 Å². The number of amides is 1. The average Bonchev–Trinajstić information content (AvgIpc) is 3.28. The number of fused-ring (bicyclic) bond motifs is 1. The number of benzene rings is 2. The molecule has 0 aromatic heterocycles. The highest BCUT2D eigenvalue weighted by Crippen LogP contribution is 2.39. The van der Waals surface area contributed by atoms with Gasteiger partial charge in [-0.1, -0.05) is 36.4 Å². The molecule has 0 unspecified atom stereocenters. The Labute approximate surface area is 254 Å². The Morgan fingerprint density at radius 3 is 2.14 bits per heavy atom. The summed E-state index contributed by atoms with van der Waals surface area (Å²) in [6.07, 6.45) is 1.85. The van der Waals surface area contributed by atoms with E-state index >= 15 is 0 Å². The number of Topliss-reactive ketones (excluding diaryl/α,β-unsaturated/α-hetero) is 1. The molecule has 1 aliphatic carbocycles. The first-order valence-electron chi connectivity index (χ1n) is 14.4. The minimum absolute atomic E-state index is 0.0959. The summed E-state index contributed by atoms with van der Waals surface area (Å²) in [4.78, 5) is 27.2. The van der Waals surface area contributed by atoms with Crippen molar-refractivity contribution < 1.29 is 27.6 Å². The SMILES string of the molecule is CCO[Si](CCCNC(=O)OCCN(C)c1ccc(/C=C2/C(=O)c3ccccc3C2=C(C#N)C#N)cc1)(OCC)OCC. The summed E-state index contributed by atoms with van der Waals surface area (Å²) in [6.45, 7) is 8.33. The zero-order valence-corrected chi connectivity index (χ0v) is 26.1. The Morgan fingerprint density at radius 2 is 1.56 bits per heavy atom. The van der Waals surface area contributed by atoms with Gasteiger partial charge in [-0.05, 0) is 56.5 Å². The van der Waals surface area contributed by atoms with Gasteiger partial charge in [0.25, 0.3) is 0 Å². The maximum Gasteiger partial charge on any atom is 0.500 e. The number of hydrogen-bond acceptors (Lipinski definition) is 9. The minimum Gasteiger partial charge on any atom is -0.448 e. The van der Waals surface area contributed by atoms with Gasteiger partial charge in [0.2, 0.25) is 0 Å². The summed E-state index contributed by atoms with van der Waals surface area (Å²) in [5.74, 6) is -0.218. The van der Waals surface area contributed by atoms with Crippen molar-refractivity contribution >= 4 is 38.0 Å². The molecular weight excluding hydrogens is 564 g/mol. The Balaban J connectivity index is 1.53. The third-order valence-corrected chi connectivity index (χ3v) is 9.91. The van der Waals surface area contributed by atoms with Crippen molar-refractivity contribution in [1.29, 1.82) is 10.5 Å². The predicted molar refractivity (Wildman–Crippen MR) is 166 cm³/mol. The molecule has 0 aliphatic heterocycles. The summed E-state index contributed by atoms with van der Waals surface area (Å²) in [7, 11) is -0.850. The average molecular weight is 603 g/mol. The van der Waals surface area contributed by atoms with Gasteiger partial charge in [-0.3, -0.25) is 4.79 Å². The molecule has 0 spiro atoms. The number of allylic oxidation sites excluding steroid dienone is 3. The van der Waals surface area contributed by atoms with Crippen molar-refractivity contribution in [3.8, 4) is 12.1 Å². The molecule has 226 valence electrons. The lowest BCUT2D eigenvalue weighted by Crippen LogP contribution is -2.46. The van der Waals surface area contributed by atoms with Crippen molar-refractivity contribution in [2.75, 3.05) is 51.5 Å². The third kappa shape index (κ3) is 8.63. The lowest BCUT2D eigenvalue weighted by Gasteiger charge is -2.28. The first-order valence-corrected chi connectivity index (χ1v) is 16.3. The van der Waals surface area contributed by atoms with E-state index in [1.54, 1.807) is 30.3 Å². The van der Waals surface area contributed by atoms with E-state index in [9.17, 15) is 20.1 Å². The number of likely N-dealkylation sites (N-methyl/N-ethyl adjacent to an activating group) is 1. The topological polar surface area (TPSA) is 134 Å². The summed E-state index contributed by atoms with van der Waals surface area (Å²) >= 11 is 0. The van der Waals surface area contributed by atoms with Crippen molar-refractivity contribution in [3.63, 3.8) is 0 Å². The van der Waals surface area contributed by atoms with E-state index in [2.05, 4.69) is 5.32 Å². The quantitative estimate of drug-likeness (QED) is 0.124. The lowest BCUT2D eigenvalue weighted by atomic mass is 9.98. The standard InChI is InChI=1S/C32H38N4O6Si/c1-5-40-43(41-6-2,42-7-3)20-10-17-35-32(38)39-19-18-36(4)26-15-13-24(14-16-26)21-29-30(25(22-33)23-34)27-11-8-9-12-28(27)31(29)37/h8-9,11-16,21H,5-7,10,17-20H2,1-4H3,(H,35,38)/b29-21+. The molecule has 0 radical (unpaired) electrons. The molecule has 2 aromatic rings. The molecule has 11 heteroatoms. The van der Waals surface area contributed by atoms with E-state index in [-0.39, 0.29) is 18.0 Å². The van der Waals surface area contributed by atoms with Crippen LogP contribution in [-0.4, -0.2) is 67.2 Å². The minimum atomic E-state index is -2.74. The van der Waals surface area contributed by atoms with Crippen molar-refractivity contribution in [2.45, 2.75) is 33.2 Å². The number of anilines is 1. The number of ether oxygens (including phenoxy) is 1. The number of carbonyl (C=O) groups is 2. The van der Waals surface area contributed by atoms with Gasteiger partial charge in [-0.25, -0.2) is 4.79 Å². The monoisotopic (exact) mass is 602 g/mol. The predicted octanol–water partition coefficient (Wildman–Crippen LogP) is 5.37. The molecule has 0 bridgehead atoms. The van der Waals surface area contributed by atoms with Crippen LogP contribution in [0, 0.1) is 22.7 Å². The normalized spacial score (nSPS) is 13.3. The van der Waals surface area contributed by atoms with Gasteiger partial charge in [0.15, 0.2) is 5.78 Å². The Morgan fingerprint density at radius 1 is 0.953 bits per heavy atom. The fraction of sp³-hybridized carbons (Fsp3) is 0.375. The van der Waals surface area contributed by atoms with Gasteiger partial charge in [0.05, 0.1) is 6.54 Å². The molecule has 43 heavy (non-hydrogen) atoms. The number of nitrogens with zero attached hydrogens (tertiary/aromatic N) is 3. The molecule has 0 saturated heterocycles. The Kier molecular flexibility index (Phi) is 12.7. The van der Waals surface area contributed by atoms with E-state index in [0.717, 1.165) is 11.3 Å². The van der Waals surface area contributed by atoms with Crippen LogP contribution in [0.2, 0.25) is 6.04 Å². The highest BCUT2D eigenvalue weighted by Gasteiger charge is 2.39. The van der Waals surface area contributed by atoms with E-state index in [1.807, 2.05) is 69.1 Å². The van der Waals surface area contributed by atoms with Crippen LogP contribution < -0.4 is 10.2 Å². The van der Waals surface area contributed by atoms with Crippen LogP contribution >= 0.6 is 0 Å². The van der Waals surface area contributed by atoms with Crippen LogP contribution in [-0.2, 0) is 18.0 Å². The van der Waals surface area contributed by atoms with Gasteiger partial charge in [0.1, 0.15) is 24.3 Å². The van der Waals surface area contributed by atoms with E-state index in [4.69, 9.17) is 18.0 Å². The molecule has 1 amide bonds. The maximum atomic E-state index is 13.1. The molecule has 1 N–H and O–H groups in total. The molecular formula is C32H38N4O6Si. The van der Waals surface area contributed by atoms with Crippen LogP contribution in [0.4, 0.5) is 10.5 Å². The van der Waals surface area contributed by atoms with Crippen LogP contribution in [0.5, 0.6) is 0 Å². The van der Waals surface area contributed by atoms with Crippen molar-refractivity contribution in [2.24, 2.45) is 0 Å². The highest BCUT2D eigenvalue weighted by molar-refractivity contribution is 6.60. The number of nitrogens with one attached hydrogen (secondary N) is 1. The zero-order valence-electron chi connectivity index (χ0n) is 25.1. The zero-order chi connectivity index (χ0) is 31.2. The van der Waals surface area contributed by atoms with Crippen LogP contribution in [0.25, 0.3) is 11.6 Å². The van der Waals surface area contributed by atoms with Gasteiger partial charge in [-0.2, -0.15) is 10.5 Å². The van der Waals surface area contributed by atoms with Crippen LogP contribution in [0.15, 0.2) is 59.7 Å². The van der Waals surface area contributed by atoms with E-state index in [1.165, 1.54) is 0 Å². The van der Waals surface area contributed by atoms with Crippen molar-refractivity contribution in [3.05, 3.63) is 76.4 Å². The molecule has 10 nitrogen and oxygen atoms in total. The first-order chi connectivity index (χ1) is 20.8. The highest BCUT2D eigenvalue weighted by atomic mass is 28.4. The number of carbonyl (C=O) groups excluding carboxylic acids is 2. The van der Waals surface area contributed by atoms with Crippen LogP contribution in [0.3, 0.4) is 0 Å². The number of ketones is 1. The van der Waals surface area contributed by atoms with Gasteiger partial charge in [0, 0.05) is 61.9 Å². The molecule has 0 heterocycles. The Hall–Kier alpha value is -4.26. The number of rotatable bonds is 15. The van der Waals surface area contributed by atoms with Gasteiger partial charge in [-0.15, -0.1) is 0 Å². The molecule has 0 saturated carbocycles. The summed E-state index contributed by atoms with van der Waals surface area (Å²) in [5.41, 5.74) is 3.30. The molecule has 0 atom stereocenters. The first kappa shape index (κ1) is 33.2. The fourth-order valence-electron chi connectivity index (χ4n) is 4.79. The number of nitriles is 2. The molecule has 1 aliphatic rings. The van der Waals surface area contributed by atoms with Gasteiger partial charge < -0.3 is 28.2 Å². The summed E-state index contributed by atoms with van der Waals surface area (Å²) in [6, 6.07) is 18.9. The molecule has 3 rings (SSSR count). The van der Waals surface area contributed by atoms with Crippen LogP contribution in [0.1, 0.15) is 48.7 Å². The van der Waals surface area contributed by atoms with Crippen molar-refractivity contribution in [1.82, 2.24) is 5.32 Å². The second-order valence-electron chi connectivity index (χ2n) is 9.57. The molecule has 0 fully saturated rings. The largest absolute Gasteiger partial charge is 0.500 e. The maximum absolute atomic E-state index is 13.1. The lowest BCUT2D eigenvalue weighted by molar-refractivity contribution is 0.0706. The summed E-state index contributed by atoms with van der Waals surface area (Å²) in [5, 5.41) is 21.8. The second-order valence-corrected chi connectivity index (χ2v) is 12.3. The smallest absolute Gasteiger partial charge is 0.448 e. The number of alkyl carbamates (subject to hydrolysis) is 1.